The van der Waals surface area contributed by atoms with E-state index in [1.165, 1.54) is 0 Å². The first kappa shape index (κ1) is 15.0. The van der Waals surface area contributed by atoms with Crippen LogP contribution in [0.4, 0.5) is 17.6 Å². The molecule has 0 aliphatic heterocycles. The van der Waals surface area contributed by atoms with Crippen LogP contribution in [0.3, 0.4) is 0 Å². The van der Waals surface area contributed by atoms with Crippen LogP contribution in [0, 0.1) is 0 Å². The van der Waals surface area contributed by atoms with E-state index in [1.807, 2.05) is 48.5 Å². The Hall–Kier alpha value is -3.54. The summed E-state index contributed by atoms with van der Waals surface area (Å²) in [6.45, 7) is 0. The third-order valence-corrected chi connectivity index (χ3v) is 3.67. The van der Waals surface area contributed by atoms with Crippen molar-refractivity contribution < 1.29 is 13.6 Å². The van der Waals surface area contributed by atoms with Gasteiger partial charge >= 0.3 is 0 Å². The minimum absolute atomic E-state index is 0.600. The van der Waals surface area contributed by atoms with Crippen LogP contribution in [0.25, 0.3) is 11.4 Å². The zero-order valence-electron chi connectivity index (χ0n) is 13.5. The van der Waals surface area contributed by atoms with Crippen molar-refractivity contribution >= 4 is 17.6 Å². The molecule has 0 aliphatic rings. The lowest BCUT2D eigenvalue weighted by atomic mass is 10.2. The number of nitrogens with zero attached hydrogens (tertiary/aromatic N) is 3. The third kappa shape index (κ3) is 2.97. The molecule has 4 aromatic rings. The summed E-state index contributed by atoms with van der Waals surface area (Å²) in [4.78, 5) is 10.8. The summed E-state index contributed by atoms with van der Waals surface area (Å²) in [5, 5.41) is 0. The van der Waals surface area contributed by atoms with Crippen LogP contribution in [-0.2, 0) is 0 Å². The maximum atomic E-state index is 5.54. The summed E-state index contributed by atoms with van der Waals surface area (Å²) < 4.78 is 16.3. The van der Waals surface area contributed by atoms with Crippen molar-refractivity contribution in [3.8, 4) is 17.1 Å². The van der Waals surface area contributed by atoms with Gasteiger partial charge in [0.1, 0.15) is 11.6 Å². The highest BCUT2D eigenvalue weighted by Crippen LogP contribution is 2.34. The number of ether oxygens (including phenoxy) is 1. The van der Waals surface area contributed by atoms with E-state index in [9.17, 15) is 0 Å². The summed E-state index contributed by atoms with van der Waals surface area (Å²) in [6.07, 6.45) is 4.93. The highest BCUT2D eigenvalue weighted by atomic mass is 16.5. The Bertz CT molecular complexity index is 898. The number of furan rings is 2. The molecule has 3 heterocycles. The van der Waals surface area contributed by atoms with Crippen molar-refractivity contribution in [3.05, 3.63) is 73.3 Å². The molecule has 0 bridgehead atoms. The number of benzene rings is 1. The van der Waals surface area contributed by atoms with Crippen LogP contribution in [0.2, 0.25) is 0 Å². The van der Waals surface area contributed by atoms with Gasteiger partial charge in [-0.2, -0.15) is 0 Å². The number of methoxy groups -OCH3 is 1. The molecule has 0 spiro atoms. The molecule has 3 aromatic heterocycles. The van der Waals surface area contributed by atoms with Gasteiger partial charge in [0.05, 0.1) is 19.6 Å². The van der Waals surface area contributed by atoms with Crippen molar-refractivity contribution in [2.75, 3.05) is 12.0 Å². The zero-order valence-corrected chi connectivity index (χ0v) is 13.5. The van der Waals surface area contributed by atoms with Crippen LogP contribution >= 0.6 is 0 Å². The average Bonchev–Trinajstić information content (AvgIpc) is 3.37. The first-order chi connectivity index (χ1) is 12.3. The van der Waals surface area contributed by atoms with Crippen molar-refractivity contribution in [1.82, 2.24) is 9.97 Å². The van der Waals surface area contributed by atoms with E-state index < -0.39 is 0 Å². The molecule has 0 N–H and O–H groups in total. The van der Waals surface area contributed by atoms with Gasteiger partial charge in [-0.15, -0.1) is 0 Å². The van der Waals surface area contributed by atoms with E-state index in [2.05, 4.69) is 9.97 Å². The Labute approximate surface area is 144 Å². The molecule has 0 saturated carbocycles. The van der Waals surface area contributed by atoms with E-state index in [4.69, 9.17) is 13.6 Å². The van der Waals surface area contributed by atoms with Crippen molar-refractivity contribution in [3.63, 3.8) is 0 Å². The first-order valence-corrected chi connectivity index (χ1v) is 7.70. The molecule has 124 valence electrons. The Morgan fingerprint density at radius 2 is 1.56 bits per heavy atom. The summed E-state index contributed by atoms with van der Waals surface area (Å²) in [6, 6.07) is 16.7. The van der Waals surface area contributed by atoms with E-state index in [-0.39, 0.29) is 0 Å². The fraction of sp³-hybridized carbons (Fsp3) is 0.0526. The van der Waals surface area contributed by atoms with Crippen LogP contribution in [0.1, 0.15) is 0 Å². The molecular formula is C19H15N3O3. The normalized spacial score (nSPS) is 10.6. The SMILES string of the molecule is COc1ccc(-c2nccc(N(c3ccco3)c3ccco3)n2)cc1. The highest BCUT2D eigenvalue weighted by Gasteiger charge is 2.19. The Morgan fingerprint density at radius 1 is 0.880 bits per heavy atom. The molecule has 0 aliphatic carbocycles. The first-order valence-electron chi connectivity index (χ1n) is 7.70. The molecule has 6 heteroatoms. The van der Waals surface area contributed by atoms with Gasteiger partial charge in [-0.3, -0.25) is 0 Å². The monoisotopic (exact) mass is 333 g/mol. The lowest BCUT2D eigenvalue weighted by Gasteiger charge is -2.18. The fourth-order valence-electron chi connectivity index (χ4n) is 2.48. The lowest BCUT2D eigenvalue weighted by molar-refractivity contribution is 0.415. The molecule has 25 heavy (non-hydrogen) atoms. The van der Waals surface area contributed by atoms with E-state index >= 15 is 0 Å². The predicted molar refractivity (Wildman–Crippen MR) is 93.2 cm³/mol. The number of anilines is 3. The molecular weight excluding hydrogens is 318 g/mol. The van der Waals surface area contributed by atoms with E-state index in [0.717, 1.165) is 11.3 Å². The van der Waals surface area contributed by atoms with Crippen molar-refractivity contribution in [2.24, 2.45) is 0 Å². The number of hydrogen-bond donors (Lipinski definition) is 0. The molecule has 0 unspecified atom stereocenters. The third-order valence-electron chi connectivity index (χ3n) is 3.67. The maximum absolute atomic E-state index is 5.54. The topological polar surface area (TPSA) is 64.5 Å². The summed E-state index contributed by atoms with van der Waals surface area (Å²) in [7, 11) is 1.64. The lowest BCUT2D eigenvalue weighted by Crippen LogP contribution is -2.10. The van der Waals surface area contributed by atoms with Crippen molar-refractivity contribution in [1.29, 1.82) is 0 Å². The van der Waals surface area contributed by atoms with Gasteiger partial charge in [-0.25, -0.2) is 14.9 Å². The second-order valence-corrected chi connectivity index (χ2v) is 5.20. The molecule has 1 aromatic carbocycles. The fourth-order valence-corrected chi connectivity index (χ4v) is 2.48. The smallest absolute Gasteiger partial charge is 0.207 e. The molecule has 0 atom stereocenters. The largest absolute Gasteiger partial charge is 0.497 e. The van der Waals surface area contributed by atoms with Crippen LogP contribution < -0.4 is 9.64 Å². The van der Waals surface area contributed by atoms with Gasteiger partial charge in [-0.05, 0) is 42.5 Å². The highest BCUT2D eigenvalue weighted by molar-refractivity contribution is 5.69. The zero-order chi connectivity index (χ0) is 17.1. The molecule has 4 rings (SSSR count). The quantitative estimate of drug-likeness (QED) is 0.522. The van der Waals surface area contributed by atoms with Crippen LogP contribution in [0.15, 0.2) is 82.2 Å². The summed E-state index contributed by atoms with van der Waals surface area (Å²) in [5.41, 5.74) is 0.890. The van der Waals surface area contributed by atoms with Crippen LogP contribution in [0.5, 0.6) is 5.75 Å². The van der Waals surface area contributed by atoms with Gasteiger partial charge in [0.25, 0.3) is 0 Å². The van der Waals surface area contributed by atoms with Gasteiger partial charge in [0.2, 0.25) is 11.8 Å². The van der Waals surface area contributed by atoms with Gasteiger partial charge in [0.15, 0.2) is 5.82 Å². The summed E-state index contributed by atoms with van der Waals surface area (Å²) >= 11 is 0. The second-order valence-electron chi connectivity index (χ2n) is 5.20. The Balaban J connectivity index is 1.76. The second kappa shape index (κ2) is 6.52. The molecule has 0 amide bonds. The standard InChI is InChI=1S/C19H15N3O3/c1-23-15-8-6-14(7-9-15)19-20-11-10-16(21-19)22(17-4-2-12-24-17)18-5-3-13-25-18/h2-13H,1H3. The maximum Gasteiger partial charge on any atom is 0.207 e. The van der Waals surface area contributed by atoms with Crippen molar-refractivity contribution in [2.45, 2.75) is 0 Å². The minimum Gasteiger partial charge on any atom is -0.497 e. The van der Waals surface area contributed by atoms with Gasteiger partial charge in [-0.1, -0.05) is 0 Å². The number of rotatable bonds is 5. The van der Waals surface area contributed by atoms with Gasteiger partial charge < -0.3 is 13.6 Å². The Kier molecular flexibility index (Phi) is 3.92. The van der Waals surface area contributed by atoms with E-state index in [0.29, 0.717) is 23.4 Å². The molecule has 0 radical (unpaired) electrons. The summed E-state index contributed by atoms with van der Waals surface area (Å²) in [5.74, 6) is 3.24. The average molecular weight is 333 g/mol. The van der Waals surface area contributed by atoms with Crippen LogP contribution in [-0.4, -0.2) is 17.1 Å². The van der Waals surface area contributed by atoms with E-state index in [1.54, 1.807) is 36.8 Å². The van der Waals surface area contributed by atoms with Gasteiger partial charge in [0, 0.05) is 23.9 Å². The Morgan fingerprint density at radius 3 is 2.12 bits per heavy atom. The molecule has 0 fully saturated rings. The molecule has 0 saturated heterocycles. The number of hydrogen-bond acceptors (Lipinski definition) is 6. The molecule has 6 nitrogen and oxygen atoms in total. The number of aromatic nitrogens is 2. The minimum atomic E-state index is 0.600. The predicted octanol–water partition coefficient (Wildman–Crippen LogP) is 4.81.